The molecule has 0 heterocycles. The number of carboxylic acid groups (broad SMARTS) is 1. The van der Waals surface area contributed by atoms with Gasteiger partial charge < -0.3 is 31.2 Å². The van der Waals surface area contributed by atoms with Gasteiger partial charge in [0.2, 0.25) is 0 Å². The number of ether oxygens (including phenoxy) is 2. The highest BCUT2D eigenvalue weighted by atomic mass is 16.5. The van der Waals surface area contributed by atoms with Crippen molar-refractivity contribution in [3.63, 3.8) is 0 Å². The molecule has 0 amide bonds. The van der Waals surface area contributed by atoms with E-state index >= 15 is 0 Å². The molecule has 0 bridgehead atoms. The lowest BCUT2D eigenvalue weighted by Crippen LogP contribution is -2.23. The molecular weight excluding hydrogens is 290 g/mol. The van der Waals surface area contributed by atoms with Crippen LogP contribution in [-0.2, 0) is 15.9 Å². The number of nitrogens with zero attached hydrogens (tertiary/aromatic N) is 1. The van der Waals surface area contributed by atoms with Crippen LogP contribution in [0.2, 0.25) is 0 Å². The maximum atomic E-state index is 11.0. The van der Waals surface area contributed by atoms with E-state index in [4.69, 9.17) is 26.0 Å². The highest BCUT2D eigenvalue weighted by molar-refractivity contribution is 5.89. The van der Waals surface area contributed by atoms with E-state index in [0.717, 1.165) is 0 Å². The first kappa shape index (κ1) is 17.7. The lowest BCUT2D eigenvalue weighted by atomic mass is 10.0. The van der Waals surface area contributed by atoms with Gasteiger partial charge in [0.25, 0.3) is 0 Å². The smallest absolute Gasteiger partial charge is 0.335 e. The van der Waals surface area contributed by atoms with Crippen molar-refractivity contribution in [1.29, 1.82) is 0 Å². The van der Waals surface area contributed by atoms with E-state index in [-0.39, 0.29) is 17.3 Å². The van der Waals surface area contributed by atoms with Crippen molar-refractivity contribution in [1.82, 2.24) is 0 Å². The number of nitrogens with two attached hydrogens (primary N) is 2. The average molecular weight is 311 g/mol. The zero-order chi connectivity index (χ0) is 16.4. The fourth-order valence-electron chi connectivity index (χ4n) is 1.74. The summed E-state index contributed by atoms with van der Waals surface area (Å²) in [7, 11) is 0. The molecule has 122 valence electrons. The first-order chi connectivity index (χ1) is 10.5. The summed E-state index contributed by atoms with van der Waals surface area (Å²) in [5.74, 6) is -0.971. The summed E-state index contributed by atoms with van der Waals surface area (Å²) in [6, 6.07) is 4.15. The molecule has 0 unspecified atom stereocenters. The molecule has 8 nitrogen and oxygen atoms in total. The number of phenolic OH excluding ortho intramolecular Hbond substituents is 1. The van der Waals surface area contributed by atoms with Gasteiger partial charge >= 0.3 is 5.97 Å². The second kappa shape index (κ2) is 9.59. The second-order valence-corrected chi connectivity index (χ2v) is 4.43. The Balaban J connectivity index is 2.21. The Morgan fingerprint density at radius 1 is 1.14 bits per heavy atom. The highest BCUT2D eigenvalue weighted by Crippen LogP contribution is 2.17. The second-order valence-electron chi connectivity index (χ2n) is 4.43. The molecule has 0 saturated carbocycles. The lowest BCUT2D eigenvalue weighted by Gasteiger charge is -2.08. The zero-order valence-corrected chi connectivity index (χ0v) is 12.2. The molecule has 0 aliphatic carbocycles. The molecule has 0 fully saturated rings. The number of hydrogen-bond acceptors (Lipinski definition) is 5. The number of benzene rings is 1. The Morgan fingerprint density at radius 3 is 2.45 bits per heavy atom. The van der Waals surface area contributed by atoms with Crippen LogP contribution in [0.4, 0.5) is 0 Å². The van der Waals surface area contributed by atoms with Crippen LogP contribution in [0.5, 0.6) is 5.75 Å². The fraction of sp³-hybridized carbons (Fsp3) is 0.429. The SMILES string of the molecule is NC(N)=NCCOCCOCCc1cc(O)ccc1C(=O)O. The molecule has 0 aromatic heterocycles. The van der Waals surface area contributed by atoms with E-state index in [1.807, 2.05) is 0 Å². The van der Waals surface area contributed by atoms with Crippen LogP contribution in [0, 0.1) is 0 Å². The molecule has 6 N–H and O–H groups in total. The van der Waals surface area contributed by atoms with Gasteiger partial charge in [-0.05, 0) is 30.2 Å². The van der Waals surface area contributed by atoms with Gasteiger partial charge in [-0.25, -0.2) is 4.79 Å². The summed E-state index contributed by atoms with van der Waals surface area (Å²) in [6.07, 6.45) is 0.393. The predicted molar refractivity (Wildman–Crippen MR) is 81.1 cm³/mol. The standard InChI is InChI=1S/C14H21N3O5/c15-14(16)17-4-6-22-8-7-21-5-3-10-9-11(18)1-2-12(10)13(19)20/h1-2,9,18H,3-8H2,(H,19,20)(H4,15,16,17). The molecule has 8 heteroatoms. The number of carboxylic acids is 1. The third-order valence-corrected chi connectivity index (χ3v) is 2.74. The topological polar surface area (TPSA) is 140 Å². The number of hydrogen-bond donors (Lipinski definition) is 4. The van der Waals surface area contributed by atoms with Gasteiger partial charge in [0.1, 0.15) is 5.75 Å². The van der Waals surface area contributed by atoms with E-state index in [2.05, 4.69) is 4.99 Å². The van der Waals surface area contributed by atoms with Crippen molar-refractivity contribution in [3.8, 4) is 5.75 Å². The predicted octanol–water partition coefficient (Wildman–Crippen LogP) is -0.0605. The van der Waals surface area contributed by atoms with Crippen molar-refractivity contribution < 1.29 is 24.5 Å². The normalized spacial score (nSPS) is 10.4. The highest BCUT2D eigenvalue weighted by Gasteiger charge is 2.10. The van der Waals surface area contributed by atoms with Gasteiger partial charge in [-0.3, -0.25) is 4.99 Å². The van der Waals surface area contributed by atoms with E-state index in [0.29, 0.717) is 45.0 Å². The number of aromatic hydroxyl groups is 1. The maximum absolute atomic E-state index is 11.0. The number of phenols is 1. The van der Waals surface area contributed by atoms with Gasteiger partial charge in [0, 0.05) is 0 Å². The van der Waals surface area contributed by atoms with Crippen LogP contribution in [-0.4, -0.2) is 55.1 Å². The molecule has 1 aromatic carbocycles. The van der Waals surface area contributed by atoms with Crippen molar-refractivity contribution in [2.75, 3.05) is 33.0 Å². The molecular formula is C14H21N3O5. The number of rotatable bonds is 10. The van der Waals surface area contributed by atoms with Crippen LogP contribution in [0.15, 0.2) is 23.2 Å². The van der Waals surface area contributed by atoms with E-state index in [1.165, 1.54) is 18.2 Å². The van der Waals surface area contributed by atoms with Gasteiger partial charge in [0.05, 0.1) is 38.5 Å². The van der Waals surface area contributed by atoms with Crippen LogP contribution >= 0.6 is 0 Å². The third-order valence-electron chi connectivity index (χ3n) is 2.74. The van der Waals surface area contributed by atoms with Crippen LogP contribution in [0.1, 0.15) is 15.9 Å². The fourth-order valence-corrected chi connectivity index (χ4v) is 1.74. The molecule has 1 rings (SSSR count). The Labute approximate surface area is 128 Å². The van der Waals surface area contributed by atoms with Crippen molar-refractivity contribution in [2.24, 2.45) is 16.5 Å². The first-order valence-electron chi connectivity index (χ1n) is 6.76. The Bertz CT molecular complexity index is 515. The van der Waals surface area contributed by atoms with E-state index < -0.39 is 5.97 Å². The van der Waals surface area contributed by atoms with E-state index in [1.54, 1.807) is 0 Å². The van der Waals surface area contributed by atoms with E-state index in [9.17, 15) is 9.90 Å². The summed E-state index contributed by atoms with van der Waals surface area (Å²) < 4.78 is 10.6. The lowest BCUT2D eigenvalue weighted by molar-refractivity contribution is 0.0518. The summed E-state index contributed by atoms with van der Waals surface area (Å²) in [4.78, 5) is 14.8. The molecule has 0 atom stereocenters. The summed E-state index contributed by atoms with van der Waals surface area (Å²) >= 11 is 0. The number of aromatic carboxylic acids is 1. The molecule has 1 aromatic rings. The quantitative estimate of drug-likeness (QED) is 0.269. The summed E-state index contributed by atoms with van der Waals surface area (Å²) in [6.45, 7) is 1.90. The molecule has 0 aliphatic rings. The van der Waals surface area contributed by atoms with Crippen LogP contribution in [0.25, 0.3) is 0 Å². The van der Waals surface area contributed by atoms with Crippen LogP contribution < -0.4 is 11.5 Å². The Morgan fingerprint density at radius 2 is 1.82 bits per heavy atom. The average Bonchev–Trinajstić information content (AvgIpc) is 2.45. The van der Waals surface area contributed by atoms with Crippen molar-refractivity contribution in [3.05, 3.63) is 29.3 Å². The minimum Gasteiger partial charge on any atom is -0.508 e. The minimum atomic E-state index is -1.03. The van der Waals surface area contributed by atoms with Crippen LogP contribution in [0.3, 0.4) is 0 Å². The first-order valence-corrected chi connectivity index (χ1v) is 6.76. The molecule has 0 saturated heterocycles. The molecule has 0 radical (unpaired) electrons. The minimum absolute atomic E-state index is 0.0280. The van der Waals surface area contributed by atoms with Gasteiger partial charge in [-0.15, -0.1) is 0 Å². The Kier molecular flexibility index (Phi) is 7.73. The molecule has 22 heavy (non-hydrogen) atoms. The Hall–Kier alpha value is -2.32. The summed E-state index contributed by atoms with van der Waals surface area (Å²) in [5.41, 5.74) is 11.0. The number of guanidine groups is 1. The number of carbonyl (C=O) groups is 1. The largest absolute Gasteiger partial charge is 0.508 e. The van der Waals surface area contributed by atoms with Gasteiger partial charge in [-0.1, -0.05) is 0 Å². The van der Waals surface area contributed by atoms with Gasteiger partial charge in [-0.2, -0.15) is 0 Å². The van der Waals surface area contributed by atoms with Gasteiger partial charge in [0.15, 0.2) is 5.96 Å². The third kappa shape index (κ3) is 6.91. The molecule has 0 spiro atoms. The molecule has 0 aliphatic heterocycles. The summed E-state index contributed by atoms with van der Waals surface area (Å²) in [5, 5.41) is 18.4. The monoisotopic (exact) mass is 311 g/mol. The maximum Gasteiger partial charge on any atom is 0.335 e. The zero-order valence-electron chi connectivity index (χ0n) is 12.2. The number of aliphatic imine (C=N–C) groups is 1. The van der Waals surface area contributed by atoms with Crippen molar-refractivity contribution in [2.45, 2.75) is 6.42 Å². The van der Waals surface area contributed by atoms with Crippen molar-refractivity contribution >= 4 is 11.9 Å².